The van der Waals surface area contributed by atoms with E-state index in [0.29, 0.717) is 6.42 Å². The van der Waals surface area contributed by atoms with Gasteiger partial charge in [0.1, 0.15) is 0 Å². The van der Waals surface area contributed by atoms with Gasteiger partial charge in [0.25, 0.3) is 0 Å². The molecule has 0 aliphatic heterocycles. The number of ether oxygens (including phenoxy) is 1. The van der Waals surface area contributed by atoms with Crippen LogP contribution in [0, 0.1) is 0 Å². The van der Waals surface area contributed by atoms with Crippen LogP contribution in [-0.2, 0) is 16.1 Å². The van der Waals surface area contributed by atoms with Gasteiger partial charge in [0, 0.05) is 6.54 Å². The topological polar surface area (TPSA) is 38.3 Å². The van der Waals surface area contributed by atoms with Crippen LogP contribution in [0.1, 0.15) is 12.0 Å². The zero-order valence-corrected chi connectivity index (χ0v) is 10.7. The number of benzene rings is 1. The van der Waals surface area contributed by atoms with Crippen molar-refractivity contribution in [2.75, 3.05) is 7.11 Å². The van der Waals surface area contributed by atoms with E-state index in [2.05, 4.69) is 44.8 Å². The molecule has 0 saturated carbocycles. The molecule has 0 heterocycles. The van der Waals surface area contributed by atoms with Gasteiger partial charge in [0.15, 0.2) is 0 Å². The minimum atomic E-state index is -0.185. The molecule has 0 amide bonds. The van der Waals surface area contributed by atoms with Gasteiger partial charge in [-0.25, -0.2) is 0 Å². The van der Waals surface area contributed by atoms with Crippen LogP contribution in [-0.4, -0.2) is 17.1 Å². The molecule has 0 fully saturated rings. The first kappa shape index (κ1) is 12.4. The maximum absolute atomic E-state index is 11.0. The average Bonchev–Trinajstić information content (AvgIpc) is 2.27. The fourth-order valence-corrected chi connectivity index (χ4v) is 1.71. The fourth-order valence-electron chi connectivity index (χ4n) is 1.13. The van der Waals surface area contributed by atoms with E-state index in [9.17, 15) is 4.79 Å². The first-order chi connectivity index (χ1) is 7.22. The highest BCUT2D eigenvalue weighted by Crippen LogP contribution is 2.05. The summed E-state index contributed by atoms with van der Waals surface area (Å²) in [6.07, 6.45) is 0.393. The molecule has 0 saturated heterocycles. The largest absolute Gasteiger partial charge is 0.469 e. The van der Waals surface area contributed by atoms with Crippen LogP contribution in [0.5, 0.6) is 0 Å². The molecule has 15 heavy (non-hydrogen) atoms. The van der Waals surface area contributed by atoms with Crippen LogP contribution >= 0.6 is 22.6 Å². The van der Waals surface area contributed by atoms with Crippen LogP contribution in [0.25, 0.3) is 0 Å². The first-order valence-corrected chi connectivity index (χ1v) is 5.95. The Morgan fingerprint density at radius 1 is 1.47 bits per heavy atom. The molecule has 1 aromatic rings. The van der Waals surface area contributed by atoms with E-state index in [-0.39, 0.29) is 10.0 Å². The van der Waals surface area contributed by atoms with E-state index in [1.165, 1.54) is 12.7 Å². The van der Waals surface area contributed by atoms with Gasteiger partial charge in [-0.15, -0.1) is 0 Å². The van der Waals surface area contributed by atoms with Crippen LogP contribution in [0.15, 0.2) is 30.3 Å². The Morgan fingerprint density at radius 3 is 2.73 bits per heavy atom. The zero-order chi connectivity index (χ0) is 11.1. The first-order valence-electron chi connectivity index (χ1n) is 4.70. The Balaban J connectivity index is 2.28. The van der Waals surface area contributed by atoms with Crippen LogP contribution in [0.2, 0.25) is 0 Å². The number of rotatable bonds is 5. The molecule has 1 unspecified atom stereocenters. The Morgan fingerprint density at radius 2 is 2.13 bits per heavy atom. The molecule has 82 valence electrons. The fraction of sp³-hybridized carbons (Fsp3) is 0.364. The van der Waals surface area contributed by atoms with Gasteiger partial charge in [0.2, 0.25) is 0 Å². The second-order valence-corrected chi connectivity index (χ2v) is 4.62. The minimum Gasteiger partial charge on any atom is -0.469 e. The van der Waals surface area contributed by atoms with Crippen molar-refractivity contribution in [1.29, 1.82) is 0 Å². The molecule has 1 atom stereocenters. The molecule has 1 N–H and O–H groups in total. The van der Waals surface area contributed by atoms with Gasteiger partial charge in [-0.3, -0.25) is 4.79 Å². The van der Waals surface area contributed by atoms with Crippen molar-refractivity contribution >= 4 is 28.6 Å². The SMILES string of the molecule is COC(=O)CC(I)NCc1ccccc1. The molecular weight excluding hydrogens is 305 g/mol. The highest BCUT2D eigenvalue weighted by Gasteiger charge is 2.09. The van der Waals surface area contributed by atoms with Crippen molar-refractivity contribution < 1.29 is 9.53 Å². The number of carbonyl (C=O) groups is 1. The number of esters is 1. The molecule has 0 spiro atoms. The average molecular weight is 319 g/mol. The Hall–Kier alpha value is -0.620. The third kappa shape index (κ3) is 5.13. The number of nitrogens with one attached hydrogen (secondary N) is 1. The van der Waals surface area contributed by atoms with Gasteiger partial charge in [-0.1, -0.05) is 52.9 Å². The monoisotopic (exact) mass is 319 g/mol. The van der Waals surface area contributed by atoms with E-state index in [0.717, 1.165) is 6.54 Å². The van der Waals surface area contributed by atoms with Crippen LogP contribution < -0.4 is 5.32 Å². The minimum absolute atomic E-state index is 0.107. The van der Waals surface area contributed by atoms with Gasteiger partial charge in [-0.2, -0.15) is 0 Å². The molecule has 0 radical (unpaired) electrons. The smallest absolute Gasteiger partial charge is 0.307 e. The Bertz CT molecular complexity index is 303. The van der Waals surface area contributed by atoms with E-state index >= 15 is 0 Å². The molecule has 4 heteroatoms. The Kier molecular flexibility index (Phi) is 5.63. The molecule has 3 nitrogen and oxygen atoms in total. The lowest BCUT2D eigenvalue weighted by atomic mass is 10.2. The van der Waals surface area contributed by atoms with Crippen LogP contribution in [0.4, 0.5) is 0 Å². The third-order valence-electron chi connectivity index (χ3n) is 1.94. The summed E-state index contributed by atoms with van der Waals surface area (Å²) in [7, 11) is 1.41. The molecule has 0 bridgehead atoms. The number of halogens is 1. The maximum atomic E-state index is 11.0. The Labute approximate surface area is 103 Å². The van der Waals surface area contributed by atoms with Crippen molar-refractivity contribution in [3.05, 3.63) is 35.9 Å². The summed E-state index contributed by atoms with van der Waals surface area (Å²) in [5.41, 5.74) is 1.21. The molecule has 1 rings (SSSR count). The van der Waals surface area contributed by atoms with Gasteiger partial charge in [-0.05, 0) is 5.56 Å². The van der Waals surface area contributed by atoms with Gasteiger partial charge in [0.05, 0.1) is 17.6 Å². The van der Waals surface area contributed by atoms with Gasteiger partial charge >= 0.3 is 5.97 Å². The predicted molar refractivity (Wildman–Crippen MR) is 67.7 cm³/mol. The summed E-state index contributed by atoms with van der Waals surface area (Å²) in [5, 5.41) is 3.25. The van der Waals surface area contributed by atoms with Crippen molar-refractivity contribution in [3.8, 4) is 0 Å². The van der Waals surface area contributed by atoms with Crippen molar-refractivity contribution in [2.24, 2.45) is 0 Å². The summed E-state index contributed by atoms with van der Waals surface area (Å²) in [5.74, 6) is -0.185. The second kappa shape index (κ2) is 6.79. The van der Waals surface area contributed by atoms with E-state index in [1.807, 2.05) is 18.2 Å². The van der Waals surface area contributed by atoms with E-state index in [1.54, 1.807) is 0 Å². The zero-order valence-electron chi connectivity index (χ0n) is 8.57. The van der Waals surface area contributed by atoms with E-state index < -0.39 is 0 Å². The number of methoxy groups -OCH3 is 1. The number of carbonyl (C=O) groups excluding carboxylic acids is 1. The number of alkyl halides is 1. The molecular formula is C11H14INO2. The normalized spacial score (nSPS) is 12.1. The molecule has 0 aromatic heterocycles. The lowest BCUT2D eigenvalue weighted by Crippen LogP contribution is -2.25. The second-order valence-electron chi connectivity index (χ2n) is 3.11. The summed E-state index contributed by atoms with van der Waals surface area (Å²) in [6.45, 7) is 0.769. The van der Waals surface area contributed by atoms with Crippen molar-refractivity contribution in [3.63, 3.8) is 0 Å². The summed E-state index contributed by atoms with van der Waals surface area (Å²) in [4.78, 5) is 11.0. The van der Waals surface area contributed by atoms with Crippen LogP contribution in [0.3, 0.4) is 0 Å². The molecule has 0 aliphatic carbocycles. The summed E-state index contributed by atoms with van der Waals surface area (Å²) in [6, 6.07) is 10.1. The lowest BCUT2D eigenvalue weighted by Gasteiger charge is -2.10. The predicted octanol–water partition coefficient (Wildman–Crippen LogP) is 2.10. The highest BCUT2D eigenvalue weighted by atomic mass is 127. The van der Waals surface area contributed by atoms with Crippen molar-refractivity contribution in [2.45, 2.75) is 17.0 Å². The maximum Gasteiger partial charge on any atom is 0.307 e. The highest BCUT2D eigenvalue weighted by molar-refractivity contribution is 14.1. The quantitative estimate of drug-likeness (QED) is 0.391. The summed E-state index contributed by atoms with van der Waals surface area (Å²) >= 11 is 2.19. The number of hydrogen-bond acceptors (Lipinski definition) is 3. The van der Waals surface area contributed by atoms with Gasteiger partial charge < -0.3 is 10.1 Å². The summed E-state index contributed by atoms with van der Waals surface area (Å²) < 4.78 is 4.70. The molecule has 1 aromatic carbocycles. The number of hydrogen-bond donors (Lipinski definition) is 1. The lowest BCUT2D eigenvalue weighted by molar-refractivity contribution is -0.140. The third-order valence-corrected chi connectivity index (χ3v) is 2.82. The van der Waals surface area contributed by atoms with Crippen molar-refractivity contribution in [1.82, 2.24) is 5.32 Å². The molecule has 0 aliphatic rings. The van der Waals surface area contributed by atoms with E-state index in [4.69, 9.17) is 0 Å². The standard InChI is InChI=1S/C11H14INO2/c1-15-11(14)7-10(12)13-8-9-5-3-2-4-6-9/h2-6,10,13H,7-8H2,1H3.